The molecule has 0 aliphatic carbocycles. The number of rotatable bonds is 9. The highest BCUT2D eigenvalue weighted by atomic mass is 35.5. The Kier molecular flexibility index (Phi) is 8.84. The lowest BCUT2D eigenvalue weighted by molar-refractivity contribution is -0.233. The minimum atomic E-state index is -0.326. The lowest BCUT2D eigenvalue weighted by Crippen LogP contribution is -2.58. The van der Waals surface area contributed by atoms with Crippen LogP contribution in [0.4, 0.5) is 0 Å². The molecular formula is C27H29ClO4S. The second-order valence-corrected chi connectivity index (χ2v) is 9.61. The van der Waals surface area contributed by atoms with Gasteiger partial charge in [-0.05, 0) is 42.3 Å². The maximum atomic E-state index is 6.45. The number of halogens is 1. The van der Waals surface area contributed by atoms with E-state index in [0.717, 1.165) is 16.0 Å². The summed E-state index contributed by atoms with van der Waals surface area (Å²) in [4.78, 5) is 1.06. The fourth-order valence-corrected chi connectivity index (χ4v) is 5.21. The van der Waals surface area contributed by atoms with E-state index in [9.17, 15) is 0 Å². The molecule has 3 aromatic rings. The van der Waals surface area contributed by atoms with Crippen molar-refractivity contribution in [3.8, 4) is 0 Å². The van der Waals surface area contributed by atoms with Crippen molar-refractivity contribution in [2.24, 2.45) is 0 Å². The molecule has 0 N–H and O–H groups in total. The zero-order chi connectivity index (χ0) is 23.0. The molecule has 1 aliphatic heterocycles. The third kappa shape index (κ3) is 6.60. The van der Waals surface area contributed by atoms with E-state index in [1.165, 1.54) is 0 Å². The Morgan fingerprint density at radius 1 is 0.758 bits per heavy atom. The lowest BCUT2D eigenvalue weighted by atomic mass is 10.00. The van der Waals surface area contributed by atoms with E-state index in [0.29, 0.717) is 18.2 Å². The molecule has 1 aliphatic rings. The van der Waals surface area contributed by atoms with Crippen molar-refractivity contribution in [2.75, 3.05) is 7.11 Å². The van der Waals surface area contributed by atoms with Crippen molar-refractivity contribution in [3.05, 3.63) is 101 Å². The number of ether oxygens (including phenoxy) is 4. The summed E-state index contributed by atoms with van der Waals surface area (Å²) < 4.78 is 25.2. The maximum Gasteiger partial charge on any atom is 0.136 e. The molecular weight excluding hydrogens is 456 g/mol. The zero-order valence-corrected chi connectivity index (χ0v) is 20.4. The summed E-state index contributed by atoms with van der Waals surface area (Å²) >= 11 is 7.69. The fraction of sp³-hybridized carbons (Fsp3) is 0.333. The highest BCUT2D eigenvalue weighted by Gasteiger charge is 2.46. The van der Waals surface area contributed by atoms with Crippen molar-refractivity contribution >= 4 is 23.4 Å². The summed E-state index contributed by atoms with van der Waals surface area (Å²) in [6, 6.07) is 28.0. The van der Waals surface area contributed by atoms with E-state index in [4.69, 9.17) is 30.5 Å². The van der Waals surface area contributed by atoms with Gasteiger partial charge >= 0.3 is 0 Å². The molecule has 0 radical (unpaired) electrons. The van der Waals surface area contributed by atoms with E-state index in [-0.39, 0.29) is 29.9 Å². The molecule has 4 nitrogen and oxygen atoms in total. The zero-order valence-electron chi connectivity index (χ0n) is 18.8. The van der Waals surface area contributed by atoms with Gasteiger partial charge in [-0.25, -0.2) is 0 Å². The van der Waals surface area contributed by atoms with Crippen LogP contribution in [0.3, 0.4) is 0 Å². The average molecular weight is 485 g/mol. The topological polar surface area (TPSA) is 36.9 Å². The van der Waals surface area contributed by atoms with E-state index >= 15 is 0 Å². The minimum Gasteiger partial charge on any atom is -0.376 e. The Morgan fingerprint density at radius 3 is 1.85 bits per heavy atom. The first kappa shape index (κ1) is 24.3. The molecule has 174 valence electrons. The predicted octanol–water partition coefficient (Wildman–Crippen LogP) is 6.36. The van der Waals surface area contributed by atoms with Gasteiger partial charge in [0.25, 0.3) is 0 Å². The number of methoxy groups -OCH3 is 1. The van der Waals surface area contributed by atoms with Gasteiger partial charge in [-0.1, -0.05) is 84.0 Å². The van der Waals surface area contributed by atoms with Crippen LogP contribution < -0.4 is 0 Å². The summed E-state index contributed by atoms with van der Waals surface area (Å²) in [5.41, 5.74) is 1.95. The summed E-state index contributed by atoms with van der Waals surface area (Å²) in [6.45, 7) is 2.98. The van der Waals surface area contributed by atoms with Crippen LogP contribution in [0.15, 0.2) is 89.8 Å². The summed E-state index contributed by atoms with van der Waals surface area (Å²) in [7, 11) is 1.71. The monoisotopic (exact) mass is 484 g/mol. The smallest absolute Gasteiger partial charge is 0.136 e. The number of hydrogen-bond donors (Lipinski definition) is 0. The van der Waals surface area contributed by atoms with E-state index in [1.54, 1.807) is 18.9 Å². The Hall–Kier alpha value is -1.86. The van der Waals surface area contributed by atoms with E-state index < -0.39 is 0 Å². The molecule has 0 saturated carbocycles. The fourth-order valence-electron chi connectivity index (χ4n) is 3.92. The highest BCUT2D eigenvalue weighted by molar-refractivity contribution is 7.99. The second kappa shape index (κ2) is 12.0. The Labute approximate surface area is 205 Å². The molecule has 0 aromatic heterocycles. The van der Waals surface area contributed by atoms with Gasteiger partial charge in [-0.3, -0.25) is 0 Å². The standard InChI is InChI=1S/C27H29ClO4S/c1-19-24(30-17-20-9-5-3-6-10-20)25(29-2)26(31-18-21-11-7-4-8-12-21)27(32-19)33-23-15-13-22(28)14-16-23/h3-16,19,24-27H,17-18H2,1-2H3/t19-,24+,25+,26-,27+/m0/s1. The van der Waals surface area contributed by atoms with Crippen molar-refractivity contribution in [1.82, 2.24) is 0 Å². The molecule has 3 aromatic carbocycles. The van der Waals surface area contributed by atoms with Gasteiger partial charge in [-0.2, -0.15) is 0 Å². The molecule has 1 saturated heterocycles. The largest absolute Gasteiger partial charge is 0.376 e. The van der Waals surface area contributed by atoms with E-state index in [1.807, 2.05) is 67.6 Å². The van der Waals surface area contributed by atoms with Crippen LogP contribution in [-0.4, -0.2) is 37.0 Å². The first-order valence-corrected chi connectivity index (χ1v) is 12.3. The van der Waals surface area contributed by atoms with Crippen molar-refractivity contribution in [3.63, 3.8) is 0 Å². The van der Waals surface area contributed by atoms with Gasteiger partial charge < -0.3 is 18.9 Å². The molecule has 6 heteroatoms. The van der Waals surface area contributed by atoms with Crippen LogP contribution >= 0.6 is 23.4 Å². The normalized spacial score (nSPS) is 25.1. The van der Waals surface area contributed by atoms with Crippen LogP contribution in [0.2, 0.25) is 5.02 Å². The number of thioether (sulfide) groups is 1. The molecule has 1 heterocycles. The Morgan fingerprint density at radius 2 is 1.30 bits per heavy atom. The quantitative estimate of drug-likeness (QED) is 0.353. The number of hydrogen-bond acceptors (Lipinski definition) is 5. The summed E-state index contributed by atoms with van der Waals surface area (Å²) in [5.74, 6) is 0. The lowest BCUT2D eigenvalue weighted by Gasteiger charge is -2.44. The van der Waals surface area contributed by atoms with Crippen LogP contribution in [0.5, 0.6) is 0 Å². The van der Waals surface area contributed by atoms with Gasteiger partial charge in [0.15, 0.2) is 0 Å². The molecule has 0 bridgehead atoms. The molecule has 1 fully saturated rings. The molecule has 5 atom stereocenters. The van der Waals surface area contributed by atoms with Gasteiger partial charge in [0.1, 0.15) is 23.7 Å². The van der Waals surface area contributed by atoms with Gasteiger partial charge in [0, 0.05) is 17.0 Å². The molecule has 33 heavy (non-hydrogen) atoms. The molecule has 0 amide bonds. The van der Waals surface area contributed by atoms with Gasteiger partial charge in [0.2, 0.25) is 0 Å². The first-order valence-electron chi connectivity index (χ1n) is 11.1. The van der Waals surface area contributed by atoms with Gasteiger partial charge in [-0.15, -0.1) is 0 Å². The highest BCUT2D eigenvalue weighted by Crippen LogP contribution is 2.37. The van der Waals surface area contributed by atoms with Crippen LogP contribution in [0, 0.1) is 0 Å². The van der Waals surface area contributed by atoms with Crippen LogP contribution in [0.25, 0.3) is 0 Å². The summed E-state index contributed by atoms with van der Waals surface area (Å²) in [5, 5.41) is 0.707. The van der Waals surface area contributed by atoms with E-state index in [2.05, 4.69) is 24.3 Å². The van der Waals surface area contributed by atoms with Crippen LogP contribution in [-0.2, 0) is 32.2 Å². The predicted molar refractivity (Wildman–Crippen MR) is 132 cm³/mol. The van der Waals surface area contributed by atoms with Crippen LogP contribution in [0.1, 0.15) is 18.1 Å². The second-order valence-electron chi connectivity index (χ2n) is 8.00. The van der Waals surface area contributed by atoms with Crippen molar-refractivity contribution in [2.45, 2.75) is 54.9 Å². The third-order valence-corrected chi connectivity index (χ3v) is 7.04. The minimum absolute atomic E-state index is 0.167. The van der Waals surface area contributed by atoms with Gasteiger partial charge in [0.05, 0.1) is 19.3 Å². The maximum absolute atomic E-state index is 6.45. The Bertz CT molecular complexity index is 970. The van der Waals surface area contributed by atoms with Crippen molar-refractivity contribution < 1.29 is 18.9 Å². The number of benzene rings is 3. The Balaban J connectivity index is 1.53. The third-order valence-electron chi connectivity index (χ3n) is 5.64. The molecule has 0 spiro atoms. The molecule has 0 unspecified atom stereocenters. The summed E-state index contributed by atoms with van der Waals surface area (Å²) in [6.07, 6.45) is -1.04. The van der Waals surface area contributed by atoms with Crippen molar-refractivity contribution in [1.29, 1.82) is 0 Å². The first-order chi connectivity index (χ1) is 16.1. The average Bonchev–Trinajstić information content (AvgIpc) is 2.85. The SMILES string of the molecule is CO[C@@H]1[C@H](OCc2ccccc2)[C@H](C)O[C@H](Sc2ccc(Cl)cc2)[C@H]1OCc1ccccc1. The molecule has 4 rings (SSSR count).